The molecule has 0 aromatic carbocycles. The van der Waals surface area contributed by atoms with Gasteiger partial charge in [-0.2, -0.15) is 0 Å². The van der Waals surface area contributed by atoms with E-state index in [1.165, 1.54) is 0 Å². The van der Waals surface area contributed by atoms with E-state index < -0.39 is 6.10 Å². The molecule has 80 valence electrons. The second-order valence-electron chi connectivity index (χ2n) is 6.01. The van der Waals surface area contributed by atoms with Crippen molar-refractivity contribution in [2.45, 2.75) is 46.1 Å². The summed E-state index contributed by atoms with van der Waals surface area (Å²) in [6.45, 7) is 6.03. The summed E-state index contributed by atoms with van der Waals surface area (Å²) in [7, 11) is 0. The number of hydrogen-bond acceptors (Lipinski definition) is 2. The molecule has 0 aromatic heterocycles. The lowest BCUT2D eigenvalue weighted by Gasteiger charge is -2.34. The Labute approximate surface area is 85.7 Å². The van der Waals surface area contributed by atoms with Crippen LogP contribution in [0.3, 0.4) is 0 Å². The van der Waals surface area contributed by atoms with Crippen molar-refractivity contribution in [2.75, 3.05) is 0 Å². The second kappa shape index (κ2) is 3.06. The van der Waals surface area contributed by atoms with Crippen molar-refractivity contribution in [2.24, 2.45) is 23.2 Å². The fourth-order valence-electron chi connectivity index (χ4n) is 3.06. The summed E-state index contributed by atoms with van der Waals surface area (Å²) in [4.78, 5) is 11.9. The Morgan fingerprint density at radius 1 is 1.36 bits per heavy atom. The summed E-state index contributed by atoms with van der Waals surface area (Å²) in [5.74, 6) is 1.03. The Bertz CT molecular complexity index is 252. The Balaban J connectivity index is 2.16. The zero-order valence-electron chi connectivity index (χ0n) is 9.29. The number of aliphatic hydroxyl groups excluding tert-OH is 1. The number of carbonyl (C=O) groups excluding carboxylic acids is 1. The van der Waals surface area contributed by atoms with E-state index in [-0.39, 0.29) is 17.3 Å². The molecule has 0 radical (unpaired) electrons. The number of aliphatic hydroxyl groups is 1. The van der Waals surface area contributed by atoms with Crippen molar-refractivity contribution in [3.8, 4) is 0 Å². The van der Waals surface area contributed by atoms with E-state index in [0.29, 0.717) is 11.7 Å². The molecular weight excluding hydrogens is 176 g/mol. The van der Waals surface area contributed by atoms with Crippen LogP contribution in [0, 0.1) is 23.2 Å². The van der Waals surface area contributed by atoms with Crippen LogP contribution in [0.5, 0.6) is 0 Å². The molecule has 2 aliphatic rings. The van der Waals surface area contributed by atoms with Crippen LogP contribution in [0.2, 0.25) is 0 Å². The quantitative estimate of drug-likeness (QED) is 0.696. The zero-order chi connectivity index (χ0) is 10.5. The molecule has 2 fully saturated rings. The first kappa shape index (κ1) is 10.2. The van der Waals surface area contributed by atoms with Crippen molar-refractivity contribution >= 4 is 5.78 Å². The molecule has 2 bridgehead atoms. The maximum atomic E-state index is 11.9. The van der Waals surface area contributed by atoms with Gasteiger partial charge in [-0.25, -0.2) is 0 Å². The van der Waals surface area contributed by atoms with Crippen LogP contribution in [-0.4, -0.2) is 17.0 Å². The van der Waals surface area contributed by atoms with E-state index in [0.717, 1.165) is 19.3 Å². The normalized spacial score (nSPS) is 39.1. The fraction of sp³-hybridized carbons (Fsp3) is 0.917. The van der Waals surface area contributed by atoms with Gasteiger partial charge in [0.25, 0.3) is 0 Å². The number of rotatable bonds is 1. The highest BCUT2D eigenvalue weighted by Gasteiger charge is 2.51. The van der Waals surface area contributed by atoms with Gasteiger partial charge in [0.1, 0.15) is 5.78 Å². The first-order valence-electron chi connectivity index (χ1n) is 5.63. The number of fused-ring (bicyclic) bond motifs is 2. The van der Waals surface area contributed by atoms with Crippen LogP contribution < -0.4 is 0 Å². The van der Waals surface area contributed by atoms with Gasteiger partial charge >= 0.3 is 0 Å². The zero-order valence-corrected chi connectivity index (χ0v) is 9.29. The fourth-order valence-corrected chi connectivity index (χ4v) is 3.06. The Hall–Kier alpha value is -0.370. The molecule has 2 saturated carbocycles. The predicted molar refractivity (Wildman–Crippen MR) is 54.8 cm³/mol. The Morgan fingerprint density at radius 2 is 2.00 bits per heavy atom. The van der Waals surface area contributed by atoms with Gasteiger partial charge in [0, 0.05) is 11.8 Å². The summed E-state index contributed by atoms with van der Waals surface area (Å²) < 4.78 is 0. The first-order chi connectivity index (χ1) is 6.41. The molecule has 0 amide bonds. The van der Waals surface area contributed by atoms with Crippen LogP contribution in [0.25, 0.3) is 0 Å². The number of ketones is 1. The molecular formula is C12H20O2. The van der Waals surface area contributed by atoms with Crippen LogP contribution in [0.1, 0.15) is 40.0 Å². The van der Waals surface area contributed by atoms with Crippen LogP contribution in [-0.2, 0) is 4.79 Å². The summed E-state index contributed by atoms with van der Waals surface area (Å²) in [6.07, 6.45) is 2.80. The molecule has 0 aliphatic heterocycles. The molecule has 0 unspecified atom stereocenters. The molecule has 2 heteroatoms. The third-order valence-corrected chi connectivity index (χ3v) is 3.94. The lowest BCUT2D eigenvalue weighted by molar-refractivity contribution is -0.132. The summed E-state index contributed by atoms with van der Waals surface area (Å²) in [5.41, 5.74) is -0.162. The molecule has 0 spiro atoms. The van der Waals surface area contributed by atoms with Gasteiger partial charge in [0.15, 0.2) is 0 Å². The number of Topliss-reactive ketones (excluding diaryl/α,β-unsaturated/α-hetero) is 1. The standard InChI is InChI=1S/C12H20O2/c1-12(2,3)11(14)9-7-4-5-8(6-7)10(9)13/h7-9,11,14H,4-6H2,1-3H3/t7-,8+,9+,11+/m0/s1. The molecule has 4 atom stereocenters. The summed E-state index contributed by atoms with van der Waals surface area (Å²) >= 11 is 0. The molecule has 2 aliphatic carbocycles. The highest BCUT2D eigenvalue weighted by molar-refractivity contribution is 5.87. The minimum absolute atomic E-state index is 0.0613. The van der Waals surface area contributed by atoms with Gasteiger partial charge in [-0.1, -0.05) is 20.8 Å². The molecule has 0 aromatic rings. The van der Waals surface area contributed by atoms with Crippen molar-refractivity contribution < 1.29 is 9.90 Å². The smallest absolute Gasteiger partial charge is 0.141 e. The molecule has 0 heterocycles. The van der Waals surface area contributed by atoms with E-state index in [4.69, 9.17) is 0 Å². The van der Waals surface area contributed by atoms with Crippen molar-refractivity contribution in [1.82, 2.24) is 0 Å². The number of hydrogen-bond donors (Lipinski definition) is 1. The van der Waals surface area contributed by atoms with E-state index in [9.17, 15) is 9.90 Å². The second-order valence-corrected chi connectivity index (χ2v) is 6.01. The molecule has 1 N–H and O–H groups in total. The third kappa shape index (κ3) is 1.40. The average molecular weight is 196 g/mol. The van der Waals surface area contributed by atoms with Crippen LogP contribution in [0.15, 0.2) is 0 Å². The number of carbonyl (C=O) groups is 1. The van der Waals surface area contributed by atoms with E-state index >= 15 is 0 Å². The SMILES string of the molecule is CC(C)(C)[C@H](O)[C@H]1C(=O)[C@@H]2CC[C@H]1C2. The third-order valence-electron chi connectivity index (χ3n) is 3.94. The Morgan fingerprint density at radius 3 is 2.43 bits per heavy atom. The Kier molecular flexibility index (Phi) is 2.22. The summed E-state index contributed by atoms with van der Waals surface area (Å²) in [5, 5.41) is 10.2. The van der Waals surface area contributed by atoms with Crippen LogP contribution >= 0.6 is 0 Å². The monoisotopic (exact) mass is 196 g/mol. The highest BCUT2D eigenvalue weighted by atomic mass is 16.3. The minimum atomic E-state index is -0.453. The van der Waals surface area contributed by atoms with E-state index in [1.807, 2.05) is 20.8 Å². The predicted octanol–water partition coefficient (Wildman–Crippen LogP) is 2.01. The van der Waals surface area contributed by atoms with Crippen molar-refractivity contribution in [1.29, 1.82) is 0 Å². The van der Waals surface area contributed by atoms with Gasteiger partial charge in [0.2, 0.25) is 0 Å². The lowest BCUT2D eigenvalue weighted by atomic mass is 9.74. The maximum Gasteiger partial charge on any atom is 0.141 e. The topological polar surface area (TPSA) is 37.3 Å². The molecule has 14 heavy (non-hydrogen) atoms. The van der Waals surface area contributed by atoms with Gasteiger partial charge in [-0.05, 0) is 30.6 Å². The first-order valence-corrected chi connectivity index (χ1v) is 5.63. The van der Waals surface area contributed by atoms with Gasteiger partial charge in [-0.3, -0.25) is 4.79 Å². The van der Waals surface area contributed by atoms with Gasteiger partial charge in [-0.15, -0.1) is 0 Å². The molecule has 0 saturated heterocycles. The minimum Gasteiger partial charge on any atom is -0.392 e. The average Bonchev–Trinajstić information content (AvgIpc) is 2.61. The lowest BCUT2D eigenvalue weighted by Crippen LogP contribution is -2.41. The van der Waals surface area contributed by atoms with E-state index in [1.54, 1.807) is 0 Å². The van der Waals surface area contributed by atoms with E-state index in [2.05, 4.69) is 0 Å². The van der Waals surface area contributed by atoms with Crippen LogP contribution in [0.4, 0.5) is 0 Å². The van der Waals surface area contributed by atoms with Gasteiger partial charge in [0.05, 0.1) is 6.10 Å². The maximum absolute atomic E-state index is 11.9. The molecule has 2 rings (SSSR count). The van der Waals surface area contributed by atoms with Crippen molar-refractivity contribution in [3.63, 3.8) is 0 Å². The van der Waals surface area contributed by atoms with Gasteiger partial charge < -0.3 is 5.11 Å². The largest absolute Gasteiger partial charge is 0.392 e. The van der Waals surface area contributed by atoms with Crippen molar-refractivity contribution in [3.05, 3.63) is 0 Å². The highest BCUT2D eigenvalue weighted by Crippen LogP contribution is 2.49. The summed E-state index contributed by atoms with van der Waals surface area (Å²) in [6, 6.07) is 0. The molecule has 2 nitrogen and oxygen atoms in total.